The molecule has 0 aromatic heterocycles. The van der Waals surface area contributed by atoms with E-state index in [1.54, 1.807) is 6.07 Å². The van der Waals surface area contributed by atoms with Gasteiger partial charge in [0.25, 0.3) is 0 Å². The van der Waals surface area contributed by atoms with Crippen LogP contribution < -0.4 is 5.32 Å². The maximum atomic E-state index is 12.4. The van der Waals surface area contributed by atoms with Crippen LogP contribution in [0.3, 0.4) is 0 Å². The summed E-state index contributed by atoms with van der Waals surface area (Å²) in [6.07, 6.45) is 0. The molecule has 0 aliphatic carbocycles. The van der Waals surface area contributed by atoms with E-state index < -0.39 is 10.0 Å². The van der Waals surface area contributed by atoms with Gasteiger partial charge in [-0.15, -0.1) is 0 Å². The molecule has 27 heavy (non-hydrogen) atoms. The Morgan fingerprint density at radius 1 is 1.30 bits per heavy atom. The third kappa shape index (κ3) is 6.80. The lowest BCUT2D eigenvalue weighted by molar-refractivity contribution is 0.0731. The van der Waals surface area contributed by atoms with E-state index in [0.717, 1.165) is 5.56 Å². The summed E-state index contributed by atoms with van der Waals surface area (Å²) >= 11 is 12.0. The summed E-state index contributed by atoms with van der Waals surface area (Å²) in [4.78, 5) is 6.39. The number of rotatable bonds is 7. The number of sulfonamides is 1. The maximum Gasteiger partial charge on any atom is 0.216 e. The molecule has 1 heterocycles. The standard InChI is InChI=1S/C17H26Cl2N4O3S/c1-3-20-17(22(2)13-14-4-5-15(18)16(19)12-14)21-6-11-27(24,25)23-7-9-26-10-8-23/h4-5,12H,3,6-11,13H2,1-2H3,(H,20,21). The van der Waals surface area contributed by atoms with E-state index in [2.05, 4.69) is 10.3 Å². The van der Waals surface area contributed by atoms with E-state index in [4.69, 9.17) is 27.9 Å². The van der Waals surface area contributed by atoms with Gasteiger partial charge in [-0.3, -0.25) is 4.99 Å². The van der Waals surface area contributed by atoms with E-state index in [1.165, 1.54) is 4.31 Å². The lowest BCUT2D eigenvalue weighted by Gasteiger charge is -2.26. The predicted molar refractivity (Wildman–Crippen MR) is 110 cm³/mol. The fourth-order valence-electron chi connectivity index (χ4n) is 2.68. The van der Waals surface area contributed by atoms with Gasteiger partial charge in [0, 0.05) is 33.2 Å². The van der Waals surface area contributed by atoms with Crippen LogP contribution in [0.15, 0.2) is 23.2 Å². The smallest absolute Gasteiger partial charge is 0.216 e. The van der Waals surface area contributed by atoms with Gasteiger partial charge in [0.05, 0.1) is 35.6 Å². The second kappa shape index (κ2) is 10.5. The largest absolute Gasteiger partial charge is 0.379 e. The number of hydrogen-bond donors (Lipinski definition) is 1. The molecule has 1 fully saturated rings. The molecule has 152 valence electrons. The minimum atomic E-state index is -3.32. The number of hydrogen-bond acceptors (Lipinski definition) is 4. The number of nitrogens with zero attached hydrogens (tertiary/aromatic N) is 3. The summed E-state index contributed by atoms with van der Waals surface area (Å²) in [5.74, 6) is 0.614. The van der Waals surface area contributed by atoms with Gasteiger partial charge in [-0.1, -0.05) is 29.3 Å². The Bertz CT molecular complexity index is 753. The van der Waals surface area contributed by atoms with Gasteiger partial charge in [-0.05, 0) is 24.6 Å². The molecule has 1 N–H and O–H groups in total. The molecule has 1 saturated heterocycles. The fourth-order valence-corrected chi connectivity index (χ4v) is 4.28. The molecule has 10 heteroatoms. The molecule has 0 unspecified atom stereocenters. The Kier molecular flexibility index (Phi) is 8.62. The molecule has 0 spiro atoms. The monoisotopic (exact) mass is 436 g/mol. The van der Waals surface area contributed by atoms with Crippen molar-refractivity contribution in [1.29, 1.82) is 0 Å². The van der Waals surface area contributed by atoms with Crippen molar-refractivity contribution in [2.45, 2.75) is 13.5 Å². The van der Waals surface area contributed by atoms with Gasteiger partial charge in [0.1, 0.15) is 0 Å². The molecule has 0 saturated carbocycles. The van der Waals surface area contributed by atoms with Crippen molar-refractivity contribution in [3.63, 3.8) is 0 Å². The topological polar surface area (TPSA) is 74.2 Å². The summed E-state index contributed by atoms with van der Waals surface area (Å²) in [5.41, 5.74) is 0.985. The summed E-state index contributed by atoms with van der Waals surface area (Å²) in [6, 6.07) is 5.47. The number of halogens is 2. The van der Waals surface area contributed by atoms with Crippen LogP contribution in [0.4, 0.5) is 0 Å². The average molecular weight is 437 g/mol. The van der Waals surface area contributed by atoms with Gasteiger partial charge >= 0.3 is 0 Å². The zero-order chi connectivity index (χ0) is 19.9. The van der Waals surface area contributed by atoms with E-state index in [0.29, 0.717) is 55.4 Å². The van der Waals surface area contributed by atoms with Crippen LogP contribution in [0.2, 0.25) is 10.0 Å². The average Bonchev–Trinajstić information content (AvgIpc) is 2.64. The number of benzene rings is 1. The zero-order valence-electron chi connectivity index (χ0n) is 15.6. The Morgan fingerprint density at radius 2 is 2.00 bits per heavy atom. The molecular weight excluding hydrogens is 411 g/mol. The third-order valence-electron chi connectivity index (χ3n) is 4.07. The highest BCUT2D eigenvalue weighted by Gasteiger charge is 2.23. The maximum absolute atomic E-state index is 12.4. The highest BCUT2D eigenvalue weighted by molar-refractivity contribution is 7.89. The number of nitrogens with one attached hydrogen (secondary N) is 1. The minimum Gasteiger partial charge on any atom is -0.379 e. The quantitative estimate of drug-likeness (QED) is 0.522. The molecule has 2 rings (SSSR count). The summed E-state index contributed by atoms with van der Waals surface area (Å²) < 4.78 is 31.5. The Morgan fingerprint density at radius 3 is 2.63 bits per heavy atom. The number of ether oxygens (including phenoxy) is 1. The molecule has 7 nitrogen and oxygen atoms in total. The first-order chi connectivity index (χ1) is 12.8. The van der Waals surface area contributed by atoms with Crippen LogP contribution in [0.1, 0.15) is 12.5 Å². The Hall–Kier alpha value is -1.06. The first-order valence-electron chi connectivity index (χ1n) is 8.82. The third-order valence-corrected chi connectivity index (χ3v) is 6.66. The molecule has 1 aliphatic rings. The summed E-state index contributed by atoms with van der Waals surface area (Å²) in [6.45, 7) is 5.10. The van der Waals surface area contributed by atoms with Gasteiger partial charge in [0.2, 0.25) is 10.0 Å². The van der Waals surface area contributed by atoms with E-state index in [9.17, 15) is 8.42 Å². The predicted octanol–water partition coefficient (Wildman–Crippen LogP) is 2.05. The zero-order valence-corrected chi connectivity index (χ0v) is 17.9. The SMILES string of the molecule is CCNC(=NCCS(=O)(=O)N1CCOCC1)N(C)Cc1ccc(Cl)c(Cl)c1. The molecular formula is C17H26Cl2N4O3S. The van der Waals surface area contributed by atoms with E-state index >= 15 is 0 Å². The molecule has 0 amide bonds. The molecule has 0 radical (unpaired) electrons. The van der Waals surface area contributed by atoms with E-state index in [-0.39, 0.29) is 12.3 Å². The van der Waals surface area contributed by atoms with Crippen LogP contribution in [-0.2, 0) is 21.3 Å². The number of aliphatic imine (C=N–C) groups is 1. The van der Waals surface area contributed by atoms with Crippen LogP contribution in [0.25, 0.3) is 0 Å². The second-order valence-electron chi connectivity index (χ2n) is 6.17. The summed E-state index contributed by atoms with van der Waals surface area (Å²) in [5, 5.41) is 4.19. The van der Waals surface area contributed by atoms with Crippen molar-refractivity contribution in [2.75, 3.05) is 52.2 Å². The lowest BCUT2D eigenvalue weighted by atomic mass is 10.2. The highest BCUT2D eigenvalue weighted by Crippen LogP contribution is 2.23. The second-order valence-corrected chi connectivity index (χ2v) is 9.07. The normalized spacial score (nSPS) is 16.4. The number of guanidine groups is 1. The van der Waals surface area contributed by atoms with Crippen molar-refractivity contribution in [2.24, 2.45) is 4.99 Å². The number of morpholine rings is 1. The van der Waals surface area contributed by atoms with Crippen molar-refractivity contribution in [3.8, 4) is 0 Å². The van der Waals surface area contributed by atoms with Crippen molar-refractivity contribution < 1.29 is 13.2 Å². The molecule has 1 aromatic carbocycles. The van der Waals surface area contributed by atoms with Crippen LogP contribution >= 0.6 is 23.2 Å². The van der Waals surface area contributed by atoms with Crippen LogP contribution in [0, 0.1) is 0 Å². The molecule has 1 aliphatic heterocycles. The van der Waals surface area contributed by atoms with Gasteiger partial charge < -0.3 is 15.0 Å². The molecule has 0 atom stereocenters. The van der Waals surface area contributed by atoms with Crippen molar-refractivity contribution >= 4 is 39.2 Å². The Balaban J connectivity index is 1.98. The van der Waals surface area contributed by atoms with Crippen LogP contribution in [0.5, 0.6) is 0 Å². The first kappa shape index (κ1) is 22.2. The van der Waals surface area contributed by atoms with Crippen LogP contribution in [-0.4, -0.2) is 75.8 Å². The molecule has 1 aromatic rings. The van der Waals surface area contributed by atoms with E-state index in [1.807, 2.05) is 31.0 Å². The fraction of sp³-hybridized carbons (Fsp3) is 0.588. The van der Waals surface area contributed by atoms with Gasteiger partial charge in [0.15, 0.2) is 5.96 Å². The van der Waals surface area contributed by atoms with Gasteiger partial charge in [-0.2, -0.15) is 4.31 Å². The van der Waals surface area contributed by atoms with Crippen molar-refractivity contribution in [1.82, 2.24) is 14.5 Å². The first-order valence-corrected chi connectivity index (χ1v) is 11.2. The highest BCUT2D eigenvalue weighted by atomic mass is 35.5. The molecule has 0 bridgehead atoms. The van der Waals surface area contributed by atoms with Crippen molar-refractivity contribution in [3.05, 3.63) is 33.8 Å². The summed E-state index contributed by atoms with van der Waals surface area (Å²) in [7, 11) is -1.43. The Labute approximate surface area is 171 Å². The lowest BCUT2D eigenvalue weighted by Crippen LogP contribution is -2.42. The van der Waals surface area contributed by atoms with Gasteiger partial charge in [-0.25, -0.2) is 8.42 Å². The minimum absolute atomic E-state index is 0.0253.